The van der Waals surface area contributed by atoms with Crippen molar-refractivity contribution in [3.63, 3.8) is 0 Å². The van der Waals surface area contributed by atoms with E-state index in [9.17, 15) is 0 Å². The van der Waals surface area contributed by atoms with Gasteiger partial charge in [0.1, 0.15) is 5.65 Å². The van der Waals surface area contributed by atoms with Crippen LogP contribution in [0.3, 0.4) is 0 Å². The molecular formula is C59H37N7. The molecule has 5 aromatic heterocycles. The van der Waals surface area contributed by atoms with Crippen LogP contribution < -0.4 is 0 Å². The van der Waals surface area contributed by atoms with Gasteiger partial charge >= 0.3 is 0 Å². The highest BCUT2D eigenvalue weighted by molar-refractivity contribution is 6.26. The molecule has 308 valence electrons. The third-order valence-corrected chi connectivity index (χ3v) is 13.2. The Kier molecular flexibility index (Phi) is 7.85. The summed E-state index contributed by atoms with van der Waals surface area (Å²) in [6, 6.07) is 79.4. The van der Waals surface area contributed by atoms with E-state index in [0.717, 1.165) is 105 Å². The van der Waals surface area contributed by atoms with Crippen LogP contribution in [0.2, 0.25) is 0 Å². The maximum atomic E-state index is 5.67. The zero-order valence-corrected chi connectivity index (χ0v) is 35.5. The van der Waals surface area contributed by atoms with Gasteiger partial charge in [-0.05, 0) is 71.8 Å². The van der Waals surface area contributed by atoms with Crippen LogP contribution in [0, 0.1) is 0 Å². The van der Waals surface area contributed by atoms with Gasteiger partial charge in [0, 0.05) is 54.6 Å². The highest BCUT2D eigenvalue weighted by atomic mass is 15.3. The van der Waals surface area contributed by atoms with E-state index in [-0.39, 0.29) is 0 Å². The van der Waals surface area contributed by atoms with Crippen LogP contribution in [-0.4, -0.2) is 33.2 Å². The topological polar surface area (TPSA) is 58.4 Å². The molecule has 0 bridgehead atoms. The fraction of sp³-hybridized carbons (Fsp3) is 0. The second-order valence-electron chi connectivity index (χ2n) is 16.8. The summed E-state index contributed by atoms with van der Waals surface area (Å²) in [5.41, 5.74) is 12.7. The Hall–Kier alpha value is -9.07. The molecule has 0 radical (unpaired) electrons. The summed E-state index contributed by atoms with van der Waals surface area (Å²) in [5, 5.41) is 7.97. The first-order valence-electron chi connectivity index (χ1n) is 22.3. The maximum absolute atomic E-state index is 5.67. The Morgan fingerprint density at radius 1 is 0.273 bits per heavy atom. The monoisotopic (exact) mass is 843 g/mol. The average molecular weight is 844 g/mol. The van der Waals surface area contributed by atoms with Crippen molar-refractivity contribution in [1.29, 1.82) is 0 Å². The maximum Gasteiger partial charge on any atom is 0.241 e. The molecule has 7 heteroatoms. The summed E-state index contributed by atoms with van der Waals surface area (Å²) < 4.78 is 9.25. The van der Waals surface area contributed by atoms with Gasteiger partial charge in [-0.3, -0.25) is 13.7 Å². The molecule has 7 nitrogen and oxygen atoms in total. The van der Waals surface area contributed by atoms with Gasteiger partial charge in [-0.2, -0.15) is 15.0 Å². The van der Waals surface area contributed by atoms with Crippen molar-refractivity contribution in [2.24, 2.45) is 0 Å². The fourth-order valence-electron chi connectivity index (χ4n) is 10.5. The Labute approximate surface area is 378 Å². The van der Waals surface area contributed by atoms with Gasteiger partial charge in [0.2, 0.25) is 11.9 Å². The van der Waals surface area contributed by atoms with Gasteiger partial charge in [0.15, 0.2) is 5.82 Å². The lowest BCUT2D eigenvalue weighted by atomic mass is 10.0. The predicted molar refractivity (Wildman–Crippen MR) is 271 cm³/mol. The van der Waals surface area contributed by atoms with E-state index in [4.69, 9.17) is 15.0 Å². The van der Waals surface area contributed by atoms with E-state index in [1.54, 1.807) is 0 Å². The summed E-state index contributed by atoms with van der Waals surface area (Å²) >= 11 is 0. The minimum atomic E-state index is 0.524. The molecule has 0 aliphatic heterocycles. The first-order chi connectivity index (χ1) is 32.8. The number of aromatic nitrogens is 7. The molecule has 5 heterocycles. The lowest BCUT2D eigenvalue weighted by Crippen LogP contribution is -2.11. The SMILES string of the molecule is c1ccc(-c2cccc(-c3nc(-n4c5ccccc5c5ccc6c(c7ccccc7n6-c6ccccc6)c54)nc(-n4c5ccccc5c5c6ccccc6n(-c6ccccc6)c54)n3)c2)cc1. The van der Waals surface area contributed by atoms with Gasteiger partial charge in [-0.15, -0.1) is 0 Å². The van der Waals surface area contributed by atoms with Crippen LogP contribution in [0.1, 0.15) is 0 Å². The molecule has 0 N–H and O–H groups in total. The van der Waals surface area contributed by atoms with Crippen molar-refractivity contribution < 1.29 is 0 Å². The molecule has 14 aromatic rings. The minimum Gasteiger partial charge on any atom is -0.309 e. The van der Waals surface area contributed by atoms with Crippen molar-refractivity contribution in [1.82, 2.24) is 33.2 Å². The van der Waals surface area contributed by atoms with Gasteiger partial charge in [-0.25, -0.2) is 0 Å². The molecule has 14 rings (SSSR count). The molecule has 0 aliphatic rings. The van der Waals surface area contributed by atoms with Gasteiger partial charge < -0.3 is 4.57 Å². The molecule has 0 saturated carbocycles. The number of fused-ring (bicyclic) bond motifs is 12. The number of rotatable bonds is 6. The summed E-state index contributed by atoms with van der Waals surface area (Å²) in [6.07, 6.45) is 0. The van der Waals surface area contributed by atoms with Crippen molar-refractivity contribution in [3.8, 4) is 45.8 Å². The summed E-state index contributed by atoms with van der Waals surface area (Å²) in [7, 11) is 0. The Balaban J connectivity index is 1.15. The van der Waals surface area contributed by atoms with E-state index in [1.165, 1.54) is 0 Å². The Bertz CT molecular complexity index is 4210. The van der Waals surface area contributed by atoms with Gasteiger partial charge in [0.25, 0.3) is 0 Å². The van der Waals surface area contributed by atoms with Crippen LogP contribution in [0.25, 0.3) is 122 Å². The molecule has 0 atom stereocenters. The number of hydrogen-bond acceptors (Lipinski definition) is 3. The largest absolute Gasteiger partial charge is 0.309 e. The second-order valence-corrected chi connectivity index (χ2v) is 16.8. The lowest BCUT2D eigenvalue weighted by Gasteiger charge is -2.15. The van der Waals surface area contributed by atoms with Gasteiger partial charge in [-0.1, -0.05) is 164 Å². The smallest absolute Gasteiger partial charge is 0.241 e. The number of nitrogens with zero attached hydrogens (tertiary/aromatic N) is 7. The third-order valence-electron chi connectivity index (χ3n) is 13.2. The highest BCUT2D eigenvalue weighted by Crippen LogP contribution is 2.43. The quantitative estimate of drug-likeness (QED) is 0.168. The second kappa shape index (κ2) is 14.2. The molecule has 0 saturated heterocycles. The van der Waals surface area contributed by atoms with Crippen LogP contribution in [0.4, 0.5) is 0 Å². The summed E-state index contributed by atoms with van der Waals surface area (Å²) in [6.45, 7) is 0. The van der Waals surface area contributed by atoms with E-state index in [2.05, 4.69) is 243 Å². The van der Waals surface area contributed by atoms with Crippen molar-refractivity contribution in [3.05, 3.63) is 224 Å². The minimum absolute atomic E-state index is 0.524. The van der Waals surface area contributed by atoms with Crippen LogP contribution in [0.5, 0.6) is 0 Å². The molecule has 0 unspecified atom stereocenters. The molecule has 0 aliphatic carbocycles. The average Bonchev–Trinajstić information content (AvgIpc) is 4.12. The van der Waals surface area contributed by atoms with Crippen LogP contribution in [0.15, 0.2) is 224 Å². The molecule has 0 amide bonds. The Morgan fingerprint density at radius 3 is 1.39 bits per heavy atom. The standard InChI is InChI=1S/C59H37N7/c1-4-19-38(20-5-1)39-21-18-22-40(37-39)56-60-58(62-59(61-56)66-51-34-17-12-29-46(51)53-45-28-11-16-33-50(45)64(57(53)66)42-25-8-3-9-26-42)65-48-31-14-10-27-43(48)44-35-36-52-54(55(44)65)47-30-13-15-32-49(47)63(52)41-23-6-2-7-24-41/h1-37H. The van der Waals surface area contributed by atoms with E-state index in [0.29, 0.717) is 17.7 Å². The fourth-order valence-corrected chi connectivity index (χ4v) is 10.5. The first-order valence-corrected chi connectivity index (χ1v) is 22.3. The van der Waals surface area contributed by atoms with Crippen molar-refractivity contribution in [2.45, 2.75) is 0 Å². The molecule has 0 fully saturated rings. The van der Waals surface area contributed by atoms with Crippen molar-refractivity contribution in [2.75, 3.05) is 0 Å². The zero-order valence-electron chi connectivity index (χ0n) is 35.5. The van der Waals surface area contributed by atoms with E-state index >= 15 is 0 Å². The van der Waals surface area contributed by atoms with Crippen LogP contribution in [-0.2, 0) is 0 Å². The molecule has 9 aromatic carbocycles. The lowest BCUT2D eigenvalue weighted by molar-refractivity contribution is 0.884. The van der Waals surface area contributed by atoms with Crippen molar-refractivity contribution >= 4 is 76.5 Å². The number of benzene rings is 9. The number of hydrogen-bond donors (Lipinski definition) is 0. The van der Waals surface area contributed by atoms with E-state index in [1.807, 2.05) is 0 Å². The molecule has 66 heavy (non-hydrogen) atoms. The Morgan fingerprint density at radius 2 is 0.742 bits per heavy atom. The van der Waals surface area contributed by atoms with E-state index < -0.39 is 0 Å². The highest BCUT2D eigenvalue weighted by Gasteiger charge is 2.27. The summed E-state index contributed by atoms with van der Waals surface area (Å²) in [5.74, 6) is 1.63. The third kappa shape index (κ3) is 5.28. The number of para-hydroxylation sites is 6. The predicted octanol–water partition coefficient (Wildman–Crippen LogP) is 14.4. The molecule has 0 spiro atoms. The first kappa shape index (κ1) is 36.4. The van der Waals surface area contributed by atoms with Gasteiger partial charge in [0.05, 0.1) is 33.1 Å². The zero-order chi connectivity index (χ0) is 43.3. The molecular weight excluding hydrogens is 807 g/mol. The summed E-state index contributed by atoms with van der Waals surface area (Å²) in [4.78, 5) is 16.7. The van der Waals surface area contributed by atoms with Crippen LogP contribution >= 0.6 is 0 Å². The normalized spacial score (nSPS) is 11.9.